The van der Waals surface area contributed by atoms with Gasteiger partial charge in [0.05, 0.1) is 17.6 Å². The van der Waals surface area contributed by atoms with Gasteiger partial charge >= 0.3 is 5.97 Å². The number of benzene rings is 2. The van der Waals surface area contributed by atoms with E-state index in [2.05, 4.69) is 4.98 Å². The Morgan fingerprint density at radius 3 is 2.43 bits per heavy atom. The van der Waals surface area contributed by atoms with Crippen molar-refractivity contribution >= 4 is 51.8 Å². The number of carboxylic acids is 1. The quantitative estimate of drug-likeness (QED) is 0.392. The van der Waals surface area contributed by atoms with Crippen molar-refractivity contribution < 1.29 is 23.8 Å². The van der Waals surface area contributed by atoms with Gasteiger partial charge in [0, 0.05) is 16.7 Å². The maximum Gasteiger partial charge on any atom is 0.339 e. The van der Waals surface area contributed by atoms with Crippen LogP contribution in [0.25, 0.3) is 11.1 Å². The predicted molar refractivity (Wildman–Crippen MR) is 108 cm³/mol. The third-order valence-corrected chi connectivity index (χ3v) is 5.07. The van der Waals surface area contributed by atoms with Crippen LogP contribution in [0.2, 0.25) is 10.2 Å². The molecule has 2 aromatic carbocycles. The van der Waals surface area contributed by atoms with E-state index in [0.717, 1.165) is 16.4 Å². The zero-order chi connectivity index (χ0) is 20.4. The number of aromatic hydroxyl groups is 1. The molecule has 1 atom stereocenters. The average molecular weight is 439 g/mol. The van der Waals surface area contributed by atoms with Crippen LogP contribution in [-0.4, -0.2) is 29.9 Å². The largest absolute Gasteiger partial charge is 0.507 e. The minimum atomic E-state index is -2.54. The Kier molecular flexibility index (Phi) is 5.85. The Bertz CT molecular complexity index is 1090. The van der Waals surface area contributed by atoms with Gasteiger partial charge in [-0.3, -0.25) is 4.55 Å². The van der Waals surface area contributed by atoms with Gasteiger partial charge in [-0.1, -0.05) is 35.3 Å². The van der Waals surface area contributed by atoms with E-state index in [0.29, 0.717) is 16.1 Å². The van der Waals surface area contributed by atoms with Crippen molar-refractivity contribution in [2.24, 2.45) is 0 Å². The van der Waals surface area contributed by atoms with Crippen molar-refractivity contribution in [3.63, 3.8) is 0 Å². The summed E-state index contributed by atoms with van der Waals surface area (Å²) in [6, 6.07) is 11.9. The van der Waals surface area contributed by atoms with Crippen molar-refractivity contribution in [2.75, 3.05) is 4.31 Å². The Labute approximate surface area is 172 Å². The zero-order valence-corrected chi connectivity index (χ0v) is 16.2. The molecule has 0 amide bonds. The first-order valence-corrected chi connectivity index (χ1v) is 9.49. The van der Waals surface area contributed by atoms with Gasteiger partial charge in [-0.05, 0) is 35.9 Å². The second-order valence-electron chi connectivity index (χ2n) is 5.57. The number of hydrogen-bond donors (Lipinski definition) is 3. The van der Waals surface area contributed by atoms with Crippen LogP contribution in [0.1, 0.15) is 10.4 Å². The highest BCUT2D eigenvalue weighted by atomic mass is 35.5. The lowest BCUT2D eigenvalue weighted by Crippen LogP contribution is -2.19. The van der Waals surface area contributed by atoms with Crippen LogP contribution in [0.15, 0.2) is 54.7 Å². The first-order valence-electron chi connectivity index (χ1n) is 7.67. The monoisotopic (exact) mass is 438 g/mol. The van der Waals surface area contributed by atoms with Crippen LogP contribution in [0.5, 0.6) is 5.75 Å². The Balaban J connectivity index is 2.11. The number of pyridine rings is 1. The fourth-order valence-electron chi connectivity index (χ4n) is 2.56. The SMILES string of the molecule is O=C(O)c1ccc(N(c2cnc(Cl)c(-c3cccc(Cl)c3)c2)S(=O)O)cc1O. The van der Waals surface area contributed by atoms with E-state index in [1.165, 1.54) is 18.3 Å². The van der Waals surface area contributed by atoms with E-state index in [1.807, 2.05) is 0 Å². The standard InChI is InChI=1S/C18H12Cl2N2O5S/c19-11-3-1-2-10(6-11)15-7-13(9-21-17(15)20)22(28(26)27)12-4-5-14(18(24)25)16(23)8-12/h1-9,23H,(H,24,25)(H,26,27). The third kappa shape index (κ3) is 4.10. The second kappa shape index (κ2) is 8.15. The first-order chi connectivity index (χ1) is 13.3. The van der Waals surface area contributed by atoms with Crippen molar-refractivity contribution in [1.82, 2.24) is 4.98 Å². The molecule has 0 aliphatic carbocycles. The molecule has 1 aromatic heterocycles. The average Bonchev–Trinajstić information content (AvgIpc) is 2.62. The lowest BCUT2D eigenvalue weighted by Gasteiger charge is -2.21. The number of hydrogen-bond acceptors (Lipinski definition) is 4. The minimum absolute atomic E-state index is 0.0875. The first kappa shape index (κ1) is 20.1. The van der Waals surface area contributed by atoms with Crippen molar-refractivity contribution in [3.05, 3.63) is 70.5 Å². The zero-order valence-electron chi connectivity index (χ0n) is 13.9. The van der Waals surface area contributed by atoms with E-state index >= 15 is 0 Å². The molecule has 144 valence electrons. The molecule has 1 heterocycles. The van der Waals surface area contributed by atoms with Crippen molar-refractivity contribution in [1.29, 1.82) is 0 Å². The normalized spacial score (nSPS) is 11.8. The highest BCUT2D eigenvalue weighted by Gasteiger charge is 2.20. The van der Waals surface area contributed by atoms with Gasteiger partial charge in [-0.2, -0.15) is 0 Å². The highest BCUT2D eigenvalue weighted by Crippen LogP contribution is 2.36. The molecule has 0 saturated heterocycles. The fourth-order valence-corrected chi connectivity index (χ4v) is 3.54. The highest BCUT2D eigenvalue weighted by molar-refractivity contribution is 7.81. The molecule has 0 spiro atoms. The molecule has 0 saturated carbocycles. The number of anilines is 2. The minimum Gasteiger partial charge on any atom is -0.507 e. The Morgan fingerprint density at radius 1 is 1.07 bits per heavy atom. The lowest BCUT2D eigenvalue weighted by atomic mass is 10.1. The summed E-state index contributed by atoms with van der Waals surface area (Å²) in [5, 5.41) is 19.6. The number of phenols is 1. The molecule has 0 aliphatic heterocycles. The molecule has 3 N–H and O–H groups in total. The van der Waals surface area contributed by atoms with E-state index in [-0.39, 0.29) is 22.1 Å². The summed E-state index contributed by atoms with van der Waals surface area (Å²) in [7, 11) is 0. The molecule has 28 heavy (non-hydrogen) atoms. The topological polar surface area (TPSA) is 111 Å². The fraction of sp³-hybridized carbons (Fsp3) is 0. The van der Waals surface area contributed by atoms with Gasteiger partial charge in [0.2, 0.25) is 0 Å². The van der Waals surface area contributed by atoms with Gasteiger partial charge in [-0.25, -0.2) is 18.3 Å². The van der Waals surface area contributed by atoms with E-state index < -0.39 is 23.0 Å². The molecule has 3 aromatic rings. The van der Waals surface area contributed by atoms with Gasteiger partial charge in [0.25, 0.3) is 11.3 Å². The maximum atomic E-state index is 12.0. The molecule has 0 radical (unpaired) electrons. The number of halogens is 2. The van der Waals surface area contributed by atoms with E-state index in [9.17, 15) is 18.7 Å². The summed E-state index contributed by atoms with van der Waals surface area (Å²) in [5.74, 6) is -1.87. The summed E-state index contributed by atoms with van der Waals surface area (Å²) < 4.78 is 22.7. The van der Waals surface area contributed by atoms with Crippen LogP contribution in [-0.2, 0) is 11.3 Å². The van der Waals surface area contributed by atoms with E-state index in [1.54, 1.807) is 24.3 Å². The number of rotatable bonds is 5. The van der Waals surface area contributed by atoms with Gasteiger partial charge in [0.1, 0.15) is 16.5 Å². The summed E-state index contributed by atoms with van der Waals surface area (Å²) in [6.45, 7) is 0. The summed E-state index contributed by atoms with van der Waals surface area (Å²) >= 11 is 9.65. The molecule has 1 unspecified atom stereocenters. The second-order valence-corrected chi connectivity index (χ2v) is 7.19. The molecule has 0 aliphatic rings. The molecule has 10 heteroatoms. The van der Waals surface area contributed by atoms with Gasteiger partial charge in [0.15, 0.2) is 0 Å². The van der Waals surface area contributed by atoms with Crippen LogP contribution in [0.4, 0.5) is 11.4 Å². The van der Waals surface area contributed by atoms with Crippen LogP contribution >= 0.6 is 23.2 Å². The molecular formula is C18H12Cl2N2O5S. The summed E-state index contributed by atoms with van der Waals surface area (Å²) in [4.78, 5) is 15.1. The van der Waals surface area contributed by atoms with Crippen LogP contribution in [0.3, 0.4) is 0 Å². The van der Waals surface area contributed by atoms with Crippen LogP contribution < -0.4 is 4.31 Å². The van der Waals surface area contributed by atoms with Gasteiger partial charge in [-0.15, -0.1) is 0 Å². The number of aromatic nitrogens is 1. The molecular weight excluding hydrogens is 427 g/mol. The molecule has 0 bridgehead atoms. The Hall–Kier alpha value is -2.65. The number of carbonyl (C=O) groups is 1. The number of aromatic carboxylic acids is 1. The smallest absolute Gasteiger partial charge is 0.339 e. The van der Waals surface area contributed by atoms with Crippen molar-refractivity contribution in [3.8, 4) is 16.9 Å². The predicted octanol–water partition coefficient (Wildman–Crippen LogP) is 4.73. The number of nitrogens with zero attached hydrogens (tertiary/aromatic N) is 2. The van der Waals surface area contributed by atoms with E-state index in [4.69, 9.17) is 28.3 Å². The maximum absolute atomic E-state index is 12.0. The van der Waals surface area contributed by atoms with Crippen molar-refractivity contribution in [2.45, 2.75) is 0 Å². The molecule has 0 fully saturated rings. The summed E-state index contributed by atoms with van der Waals surface area (Å²) in [5.41, 5.74) is 1.08. The molecule has 7 nitrogen and oxygen atoms in total. The van der Waals surface area contributed by atoms with Gasteiger partial charge < -0.3 is 10.2 Å². The lowest BCUT2D eigenvalue weighted by molar-refractivity contribution is 0.0694. The third-order valence-electron chi connectivity index (χ3n) is 3.80. The number of carboxylic acid groups (broad SMARTS) is 1. The van der Waals surface area contributed by atoms with Crippen LogP contribution in [0, 0.1) is 0 Å². The molecule has 3 rings (SSSR count). The summed E-state index contributed by atoms with van der Waals surface area (Å²) in [6.07, 6.45) is 1.28. The Morgan fingerprint density at radius 2 is 1.82 bits per heavy atom.